The van der Waals surface area contributed by atoms with E-state index < -0.39 is 11.9 Å². The highest BCUT2D eigenvalue weighted by Gasteiger charge is 2.32. The predicted molar refractivity (Wildman–Crippen MR) is 87.7 cm³/mol. The number of benzene rings is 2. The third-order valence-corrected chi connectivity index (χ3v) is 4.03. The number of carbonyl (C=O) groups is 2. The van der Waals surface area contributed by atoms with Gasteiger partial charge in [-0.15, -0.1) is 0 Å². The Labute approximate surface area is 134 Å². The average molecular weight is 308 g/mol. The minimum Gasteiger partial charge on any atom is -0.452 e. The normalized spacial score (nSPS) is 17.3. The van der Waals surface area contributed by atoms with Crippen molar-refractivity contribution in [2.24, 2.45) is 0 Å². The van der Waals surface area contributed by atoms with Gasteiger partial charge in [0.2, 0.25) is 5.76 Å². The SMILES string of the molecule is C=Cc1ccc(C(=O)OC2=C(C)C(C)OC2=O)c2ccccc12. The molecule has 0 spiro atoms. The van der Waals surface area contributed by atoms with Crippen LogP contribution in [0.25, 0.3) is 16.8 Å². The van der Waals surface area contributed by atoms with Crippen LogP contribution in [0.3, 0.4) is 0 Å². The summed E-state index contributed by atoms with van der Waals surface area (Å²) in [4.78, 5) is 24.3. The fourth-order valence-corrected chi connectivity index (χ4v) is 2.60. The van der Waals surface area contributed by atoms with Crippen LogP contribution in [0.15, 0.2) is 54.3 Å². The van der Waals surface area contributed by atoms with E-state index >= 15 is 0 Å². The van der Waals surface area contributed by atoms with Gasteiger partial charge in [0.1, 0.15) is 6.10 Å². The monoisotopic (exact) mass is 308 g/mol. The molecule has 2 aromatic carbocycles. The Kier molecular flexibility index (Phi) is 3.74. The molecule has 0 saturated carbocycles. The molecule has 0 aromatic heterocycles. The van der Waals surface area contributed by atoms with E-state index in [1.165, 1.54) is 0 Å². The molecule has 0 saturated heterocycles. The van der Waals surface area contributed by atoms with Gasteiger partial charge in [-0.1, -0.05) is 43.0 Å². The number of carbonyl (C=O) groups excluding carboxylic acids is 2. The van der Waals surface area contributed by atoms with E-state index in [2.05, 4.69) is 6.58 Å². The molecule has 1 aliphatic rings. The summed E-state index contributed by atoms with van der Waals surface area (Å²) in [6, 6.07) is 11.0. The molecule has 1 atom stereocenters. The molecule has 4 heteroatoms. The molecule has 0 radical (unpaired) electrons. The number of hydrogen-bond acceptors (Lipinski definition) is 4. The van der Waals surface area contributed by atoms with Gasteiger partial charge >= 0.3 is 11.9 Å². The van der Waals surface area contributed by atoms with Gasteiger partial charge in [-0.05, 0) is 36.2 Å². The van der Waals surface area contributed by atoms with Crippen molar-refractivity contribution in [3.8, 4) is 0 Å². The number of cyclic esters (lactones) is 1. The van der Waals surface area contributed by atoms with Crippen molar-refractivity contribution in [2.45, 2.75) is 20.0 Å². The van der Waals surface area contributed by atoms with E-state index in [0.29, 0.717) is 11.1 Å². The lowest BCUT2D eigenvalue weighted by atomic mass is 9.99. The first-order chi connectivity index (χ1) is 11.0. The van der Waals surface area contributed by atoms with Gasteiger partial charge in [-0.3, -0.25) is 0 Å². The van der Waals surface area contributed by atoms with Crippen molar-refractivity contribution < 1.29 is 19.1 Å². The maximum atomic E-state index is 12.5. The van der Waals surface area contributed by atoms with Crippen molar-refractivity contribution in [3.63, 3.8) is 0 Å². The van der Waals surface area contributed by atoms with Crippen molar-refractivity contribution in [1.29, 1.82) is 0 Å². The summed E-state index contributed by atoms with van der Waals surface area (Å²) < 4.78 is 10.4. The Balaban J connectivity index is 2.03. The fourth-order valence-electron chi connectivity index (χ4n) is 2.60. The van der Waals surface area contributed by atoms with E-state index in [0.717, 1.165) is 16.3 Å². The highest BCUT2D eigenvalue weighted by atomic mass is 16.6. The molecule has 0 aliphatic carbocycles. The zero-order chi connectivity index (χ0) is 16.6. The molecule has 1 unspecified atom stereocenters. The standard InChI is InChI=1S/C19H16O4/c1-4-13-9-10-16(15-8-6-5-7-14(13)15)18(20)23-17-11(2)12(3)22-19(17)21/h4-10,12H,1H2,2-3H3. The summed E-state index contributed by atoms with van der Waals surface area (Å²) in [6.07, 6.45) is 1.37. The Morgan fingerprint density at radius 1 is 1.22 bits per heavy atom. The van der Waals surface area contributed by atoms with E-state index in [-0.39, 0.29) is 11.9 Å². The number of ether oxygens (including phenoxy) is 2. The molecule has 0 N–H and O–H groups in total. The highest BCUT2D eigenvalue weighted by Crippen LogP contribution is 2.27. The third kappa shape index (κ3) is 2.52. The number of esters is 2. The molecule has 116 valence electrons. The third-order valence-electron chi connectivity index (χ3n) is 4.03. The summed E-state index contributed by atoms with van der Waals surface area (Å²) >= 11 is 0. The molecule has 0 amide bonds. The lowest BCUT2D eigenvalue weighted by molar-refractivity contribution is -0.141. The minimum absolute atomic E-state index is 0.0145. The largest absolute Gasteiger partial charge is 0.452 e. The van der Waals surface area contributed by atoms with E-state index in [4.69, 9.17) is 9.47 Å². The zero-order valence-electron chi connectivity index (χ0n) is 13.0. The van der Waals surface area contributed by atoms with Crippen LogP contribution in [0.2, 0.25) is 0 Å². The van der Waals surface area contributed by atoms with Crippen molar-refractivity contribution in [2.75, 3.05) is 0 Å². The highest BCUT2D eigenvalue weighted by molar-refractivity contribution is 6.08. The quantitative estimate of drug-likeness (QED) is 0.808. The van der Waals surface area contributed by atoms with Gasteiger partial charge in [-0.2, -0.15) is 0 Å². The molecule has 2 aromatic rings. The lowest BCUT2D eigenvalue weighted by Crippen LogP contribution is -2.11. The second-order valence-electron chi connectivity index (χ2n) is 5.40. The second-order valence-corrected chi connectivity index (χ2v) is 5.40. The zero-order valence-corrected chi connectivity index (χ0v) is 13.0. The number of fused-ring (bicyclic) bond motifs is 1. The topological polar surface area (TPSA) is 52.6 Å². The van der Waals surface area contributed by atoms with Crippen molar-refractivity contribution >= 4 is 28.8 Å². The Bertz CT molecular complexity index is 861. The Hall–Kier alpha value is -2.88. The molecule has 1 aliphatic heterocycles. The van der Waals surface area contributed by atoms with Gasteiger partial charge < -0.3 is 9.47 Å². The maximum Gasteiger partial charge on any atom is 0.375 e. The van der Waals surface area contributed by atoms with Crippen LogP contribution in [0.4, 0.5) is 0 Å². The molecule has 23 heavy (non-hydrogen) atoms. The summed E-state index contributed by atoms with van der Waals surface area (Å²) in [7, 11) is 0. The van der Waals surface area contributed by atoms with Gasteiger partial charge in [0.15, 0.2) is 0 Å². The van der Waals surface area contributed by atoms with Crippen LogP contribution in [0.5, 0.6) is 0 Å². The summed E-state index contributed by atoms with van der Waals surface area (Å²) in [5, 5.41) is 1.66. The van der Waals surface area contributed by atoms with Crippen LogP contribution in [0, 0.1) is 0 Å². The van der Waals surface area contributed by atoms with Gasteiger partial charge in [0.25, 0.3) is 0 Å². The van der Waals surface area contributed by atoms with Gasteiger partial charge in [0.05, 0.1) is 5.56 Å². The summed E-state index contributed by atoms with van der Waals surface area (Å²) in [6.45, 7) is 7.24. The first kappa shape index (κ1) is 15.0. The first-order valence-electron chi connectivity index (χ1n) is 7.31. The van der Waals surface area contributed by atoms with Crippen LogP contribution in [0.1, 0.15) is 29.8 Å². The van der Waals surface area contributed by atoms with Crippen LogP contribution >= 0.6 is 0 Å². The minimum atomic E-state index is -0.602. The molecule has 3 rings (SSSR count). The Morgan fingerprint density at radius 2 is 1.91 bits per heavy atom. The van der Waals surface area contributed by atoms with E-state index in [9.17, 15) is 9.59 Å². The summed E-state index contributed by atoms with van der Waals surface area (Å²) in [5.41, 5.74) is 1.95. The van der Waals surface area contributed by atoms with Crippen LogP contribution in [-0.2, 0) is 14.3 Å². The maximum absolute atomic E-state index is 12.5. The number of rotatable bonds is 3. The van der Waals surface area contributed by atoms with Crippen LogP contribution < -0.4 is 0 Å². The van der Waals surface area contributed by atoms with Crippen molar-refractivity contribution in [1.82, 2.24) is 0 Å². The van der Waals surface area contributed by atoms with Crippen LogP contribution in [-0.4, -0.2) is 18.0 Å². The van der Waals surface area contributed by atoms with Gasteiger partial charge in [0, 0.05) is 5.57 Å². The molecule has 0 bridgehead atoms. The summed E-state index contributed by atoms with van der Waals surface area (Å²) in [5.74, 6) is -1.19. The lowest BCUT2D eigenvalue weighted by Gasteiger charge is -2.09. The molecule has 4 nitrogen and oxygen atoms in total. The fraction of sp³-hybridized carbons (Fsp3) is 0.158. The molecular formula is C19H16O4. The Morgan fingerprint density at radius 3 is 2.52 bits per heavy atom. The molecule has 0 fully saturated rings. The average Bonchev–Trinajstić information content (AvgIpc) is 2.80. The smallest absolute Gasteiger partial charge is 0.375 e. The molecular weight excluding hydrogens is 292 g/mol. The predicted octanol–water partition coefficient (Wildman–Crippen LogP) is 3.86. The first-order valence-corrected chi connectivity index (χ1v) is 7.31. The number of hydrogen-bond donors (Lipinski definition) is 0. The van der Waals surface area contributed by atoms with Crippen molar-refractivity contribution in [3.05, 3.63) is 65.4 Å². The van der Waals surface area contributed by atoms with Gasteiger partial charge in [-0.25, -0.2) is 9.59 Å². The van der Waals surface area contributed by atoms with E-state index in [1.54, 1.807) is 26.0 Å². The van der Waals surface area contributed by atoms with E-state index in [1.807, 2.05) is 30.3 Å². The molecule has 1 heterocycles. The second kappa shape index (κ2) is 5.72.